The highest BCUT2D eigenvalue weighted by molar-refractivity contribution is 7.89. The third-order valence-electron chi connectivity index (χ3n) is 4.33. The summed E-state index contributed by atoms with van der Waals surface area (Å²) in [5.74, 6) is -1.25. The van der Waals surface area contributed by atoms with E-state index in [4.69, 9.17) is 4.74 Å². The molecule has 0 unspecified atom stereocenters. The summed E-state index contributed by atoms with van der Waals surface area (Å²) in [6.07, 6.45) is 3.85. The van der Waals surface area contributed by atoms with Gasteiger partial charge in [-0.3, -0.25) is 24.1 Å². The van der Waals surface area contributed by atoms with Gasteiger partial charge < -0.3 is 15.4 Å². The van der Waals surface area contributed by atoms with Crippen molar-refractivity contribution in [2.45, 2.75) is 38.1 Å². The average Bonchev–Trinajstić information content (AvgIpc) is 3.26. The summed E-state index contributed by atoms with van der Waals surface area (Å²) >= 11 is 1.06. The number of carbonyl (C=O) groups is 4. The van der Waals surface area contributed by atoms with Crippen molar-refractivity contribution in [1.82, 2.24) is 19.9 Å². The highest BCUT2D eigenvalue weighted by Crippen LogP contribution is 2.25. The van der Waals surface area contributed by atoms with Gasteiger partial charge in [-0.05, 0) is 19.8 Å². The molecule has 4 amide bonds. The van der Waals surface area contributed by atoms with Crippen LogP contribution in [-0.2, 0) is 33.9 Å². The molecule has 182 valence electrons. The minimum absolute atomic E-state index is 0.0236. The number of hydrogen-bond acceptors (Lipinski definition) is 9. The van der Waals surface area contributed by atoms with E-state index in [1.807, 2.05) is 0 Å². The number of amides is 4. The summed E-state index contributed by atoms with van der Waals surface area (Å²) in [4.78, 5) is 51.2. The molecule has 0 aliphatic carbocycles. The predicted molar refractivity (Wildman–Crippen MR) is 120 cm³/mol. The molecule has 0 bridgehead atoms. The number of sulfonamides is 1. The van der Waals surface area contributed by atoms with Crippen molar-refractivity contribution in [2.75, 3.05) is 38.2 Å². The first-order valence-corrected chi connectivity index (χ1v) is 12.5. The van der Waals surface area contributed by atoms with E-state index in [-0.39, 0.29) is 59.9 Å². The first-order valence-electron chi connectivity index (χ1n) is 10.2. The molecule has 0 atom stereocenters. The number of anilines is 1. The van der Waals surface area contributed by atoms with Gasteiger partial charge in [0, 0.05) is 56.6 Å². The Morgan fingerprint density at radius 2 is 1.82 bits per heavy atom. The number of hydrogen-bond donors (Lipinski definition) is 3. The summed E-state index contributed by atoms with van der Waals surface area (Å²) in [5.41, 5.74) is 0. The Bertz CT molecular complexity index is 1000. The van der Waals surface area contributed by atoms with Crippen LogP contribution < -0.4 is 15.4 Å². The van der Waals surface area contributed by atoms with E-state index in [9.17, 15) is 27.6 Å². The second-order valence-corrected chi connectivity index (χ2v) is 9.93. The Morgan fingerprint density at radius 1 is 1.12 bits per heavy atom. The highest BCUT2D eigenvalue weighted by Gasteiger charge is 2.23. The minimum atomic E-state index is -3.87. The van der Waals surface area contributed by atoms with E-state index >= 15 is 0 Å². The van der Waals surface area contributed by atoms with Crippen molar-refractivity contribution in [3.63, 3.8) is 0 Å². The maximum atomic E-state index is 12.4. The van der Waals surface area contributed by atoms with Crippen LogP contribution in [-0.4, -0.2) is 74.8 Å². The zero-order chi connectivity index (χ0) is 24.4. The SMILES string of the molecule is CC(=O)Nc1nc(S(=O)(=O)NCCNC(=O)CCOCCCCN2C(=O)C=CC2=O)c(C)s1. The van der Waals surface area contributed by atoms with Gasteiger partial charge in [0.1, 0.15) is 0 Å². The van der Waals surface area contributed by atoms with Crippen molar-refractivity contribution in [2.24, 2.45) is 0 Å². The minimum Gasteiger partial charge on any atom is -0.381 e. The molecule has 2 heterocycles. The van der Waals surface area contributed by atoms with Crippen LogP contribution in [0.3, 0.4) is 0 Å². The van der Waals surface area contributed by atoms with E-state index in [0.717, 1.165) is 11.3 Å². The van der Waals surface area contributed by atoms with E-state index in [2.05, 4.69) is 20.3 Å². The van der Waals surface area contributed by atoms with Crippen LogP contribution in [0.5, 0.6) is 0 Å². The third-order valence-corrected chi connectivity index (χ3v) is 6.83. The van der Waals surface area contributed by atoms with Gasteiger partial charge in [0.05, 0.1) is 6.61 Å². The molecule has 0 saturated carbocycles. The molecule has 14 heteroatoms. The van der Waals surface area contributed by atoms with Crippen molar-refractivity contribution < 1.29 is 32.3 Å². The number of nitrogens with zero attached hydrogens (tertiary/aromatic N) is 2. The summed E-state index contributed by atoms with van der Waals surface area (Å²) in [6, 6.07) is 0. The van der Waals surface area contributed by atoms with Gasteiger partial charge in [-0.15, -0.1) is 11.3 Å². The molecule has 1 aromatic heterocycles. The van der Waals surface area contributed by atoms with Gasteiger partial charge in [0.25, 0.3) is 21.8 Å². The fourth-order valence-electron chi connectivity index (χ4n) is 2.77. The normalized spacial score (nSPS) is 13.6. The second-order valence-electron chi connectivity index (χ2n) is 7.04. The Kier molecular flexibility index (Phi) is 10.1. The molecule has 0 saturated heterocycles. The lowest BCUT2D eigenvalue weighted by Crippen LogP contribution is -2.35. The van der Waals surface area contributed by atoms with Crippen molar-refractivity contribution in [1.29, 1.82) is 0 Å². The van der Waals surface area contributed by atoms with Gasteiger partial charge in [-0.1, -0.05) is 0 Å². The zero-order valence-electron chi connectivity index (χ0n) is 18.4. The quantitative estimate of drug-likeness (QED) is 0.235. The summed E-state index contributed by atoms with van der Waals surface area (Å²) in [7, 11) is -3.87. The lowest BCUT2D eigenvalue weighted by molar-refractivity contribution is -0.137. The van der Waals surface area contributed by atoms with Crippen molar-refractivity contribution >= 4 is 50.1 Å². The summed E-state index contributed by atoms with van der Waals surface area (Å²) in [5, 5.41) is 5.08. The third kappa shape index (κ3) is 8.64. The number of imide groups is 1. The topological polar surface area (TPSA) is 164 Å². The van der Waals surface area contributed by atoms with Crippen LogP contribution >= 0.6 is 11.3 Å². The number of thiazole rings is 1. The van der Waals surface area contributed by atoms with Crippen molar-refractivity contribution in [3.8, 4) is 0 Å². The summed E-state index contributed by atoms with van der Waals surface area (Å²) in [6.45, 7) is 3.88. The van der Waals surface area contributed by atoms with Gasteiger partial charge >= 0.3 is 0 Å². The van der Waals surface area contributed by atoms with Crippen LogP contribution in [0.2, 0.25) is 0 Å². The average molecular weight is 502 g/mol. The van der Waals surface area contributed by atoms with E-state index in [0.29, 0.717) is 30.9 Å². The zero-order valence-corrected chi connectivity index (χ0v) is 20.0. The van der Waals surface area contributed by atoms with Crippen LogP contribution in [0.15, 0.2) is 17.2 Å². The number of aromatic nitrogens is 1. The number of carbonyl (C=O) groups excluding carboxylic acids is 4. The van der Waals surface area contributed by atoms with Gasteiger partial charge in [-0.2, -0.15) is 0 Å². The molecule has 0 spiro atoms. The Labute approximate surface area is 195 Å². The smallest absolute Gasteiger partial charge is 0.259 e. The van der Waals surface area contributed by atoms with E-state index in [1.54, 1.807) is 6.92 Å². The molecule has 0 aromatic carbocycles. The number of rotatable bonds is 14. The van der Waals surface area contributed by atoms with Crippen LogP contribution in [0.4, 0.5) is 5.13 Å². The second kappa shape index (κ2) is 12.5. The number of ether oxygens (including phenoxy) is 1. The number of unbranched alkanes of at least 4 members (excludes halogenated alkanes) is 1. The number of nitrogens with one attached hydrogen (secondary N) is 3. The molecule has 1 aliphatic heterocycles. The van der Waals surface area contributed by atoms with Gasteiger partial charge in [0.15, 0.2) is 10.2 Å². The standard InChI is InChI=1S/C19H27N5O7S2/c1-13-18(23-19(32-13)22-14(2)25)33(29,30)21-9-8-20-15(26)7-12-31-11-4-3-10-24-16(27)5-6-17(24)28/h5-6,21H,3-4,7-12H2,1-2H3,(H,20,26)(H,22,23,25). The molecule has 2 rings (SSSR count). The van der Waals surface area contributed by atoms with E-state index < -0.39 is 10.0 Å². The Morgan fingerprint density at radius 3 is 2.48 bits per heavy atom. The predicted octanol–water partition coefficient (Wildman–Crippen LogP) is -0.0837. The van der Waals surface area contributed by atoms with Crippen LogP contribution in [0.1, 0.15) is 31.1 Å². The number of aryl methyl sites for hydroxylation is 1. The van der Waals surface area contributed by atoms with Crippen LogP contribution in [0, 0.1) is 6.92 Å². The molecule has 1 aliphatic rings. The maximum absolute atomic E-state index is 12.4. The maximum Gasteiger partial charge on any atom is 0.259 e. The fraction of sp³-hybridized carbons (Fsp3) is 0.526. The molecule has 33 heavy (non-hydrogen) atoms. The van der Waals surface area contributed by atoms with Gasteiger partial charge in [-0.25, -0.2) is 18.1 Å². The monoisotopic (exact) mass is 501 g/mol. The Balaban J connectivity index is 1.55. The first kappa shape index (κ1) is 26.6. The lowest BCUT2D eigenvalue weighted by Gasteiger charge is -2.13. The molecule has 12 nitrogen and oxygen atoms in total. The Hall–Kier alpha value is -2.68. The highest BCUT2D eigenvalue weighted by atomic mass is 32.2. The lowest BCUT2D eigenvalue weighted by atomic mass is 10.3. The summed E-state index contributed by atoms with van der Waals surface area (Å²) < 4.78 is 32.4. The molecular weight excluding hydrogens is 474 g/mol. The first-order chi connectivity index (χ1) is 15.6. The molecule has 3 N–H and O–H groups in total. The molecule has 0 fully saturated rings. The van der Waals surface area contributed by atoms with Crippen molar-refractivity contribution in [3.05, 3.63) is 17.0 Å². The van der Waals surface area contributed by atoms with Crippen LogP contribution in [0.25, 0.3) is 0 Å². The van der Waals surface area contributed by atoms with Gasteiger partial charge in [0.2, 0.25) is 11.8 Å². The fourth-order valence-corrected chi connectivity index (χ4v) is 5.14. The van der Waals surface area contributed by atoms with E-state index in [1.165, 1.54) is 24.0 Å². The molecule has 1 aromatic rings. The molecular formula is C19H27N5O7S2. The molecule has 0 radical (unpaired) electrons. The largest absolute Gasteiger partial charge is 0.381 e.